The summed E-state index contributed by atoms with van der Waals surface area (Å²) in [6.07, 6.45) is 23.3. The minimum Gasteiger partial charge on any atom is -0.463 e. The van der Waals surface area contributed by atoms with Crippen LogP contribution < -0.4 is 0 Å². The normalized spacial score (nSPS) is 38.0. The van der Waals surface area contributed by atoms with E-state index in [0.29, 0.717) is 17.8 Å². The molecule has 4 fully saturated rings. The molecule has 3 N–H and O–H groups in total. The van der Waals surface area contributed by atoms with Crippen molar-refractivity contribution in [2.24, 2.45) is 52.3 Å². The van der Waals surface area contributed by atoms with E-state index in [-0.39, 0.29) is 24.1 Å². The average molecular weight is 787 g/mol. The Hall–Kier alpha value is -0.990. The van der Waals surface area contributed by atoms with Gasteiger partial charge in [0.1, 0.15) is 31.0 Å². The zero-order valence-corrected chi connectivity index (χ0v) is 37.0. The van der Waals surface area contributed by atoms with Crippen LogP contribution in [0.25, 0.3) is 0 Å². The second-order valence-electron chi connectivity index (χ2n) is 20.4. The highest BCUT2D eigenvalue weighted by molar-refractivity contribution is 5.69. The van der Waals surface area contributed by atoms with E-state index in [4.69, 9.17) is 14.2 Å². The summed E-state index contributed by atoms with van der Waals surface area (Å²) in [7, 11) is 0. The number of unbranched alkanes of at least 4 members (excludes halogenated alkanes) is 10. The lowest BCUT2D eigenvalue weighted by Crippen LogP contribution is -2.60. The Balaban J connectivity index is 1.07. The number of esters is 1. The van der Waals surface area contributed by atoms with Gasteiger partial charge in [-0.25, -0.2) is 0 Å². The highest BCUT2D eigenvalue weighted by Crippen LogP contribution is 2.67. The minimum atomic E-state index is -1.44. The van der Waals surface area contributed by atoms with Gasteiger partial charge in [-0.05, 0) is 116 Å². The Kier molecular flexibility index (Phi) is 17.7. The van der Waals surface area contributed by atoms with Gasteiger partial charge in [0.25, 0.3) is 0 Å². The third-order valence-electron chi connectivity index (χ3n) is 16.7. The summed E-state index contributed by atoms with van der Waals surface area (Å²) in [5, 5.41) is 32.4. The molecule has 4 aliphatic carbocycles. The SMILES string of the molecule is CCCCCCCCCCCCCC(=O)OCC1OC(O[C@H]2CC[C@@]3(C)C(=CCC4C3CC[C@@]3(C)C4CC[C@@H]3[C@H](C)CC[C@H](CC)C(C)C)C2)C(O)C(O)C1O. The van der Waals surface area contributed by atoms with E-state index in [0.717, 1.165) is 80.5 Å². The van der Waals surface area contributed by atoms with Crippen molar-refractivity contribution in [2.75, 3.05) is 6.61 Å². The highest BCUT2D eigenvalue weighted by Gasteiger charge is 2.59. The largest absolute Gasteiger partial charge is 0.463 e. The first-order valence-electron chi connectivity index (χ1n) is 24.0. The minimum absolute atomic E-state index is 0.138. The number of aliphatic hydroxyl groups excluding tert-OH is 3. The molecule has 5 aliphatic rings. The van der Waals surface area contributed by atoms with Gasteiger partial charge >= 0.3 is 5.97 Å². The third-order valence-corrected chi connectivity index (χ3v) is 16.7. The van der Waals surface area contributed by atoms with Crippen LogP contribution in [-0.4, -0.2) is 64.7 Å². The lowest BCUT2D eigenvalue weighted by molar-refractivity contribution is -0.313. The summed E-state index contributed by atoms with van der Waals surface area (Å²) in [4.78, 5) is 12.6. The van der Waals surface area contributed by atoms with E-state index in [1.54, 1.807) is 0 Å². The van der Waals surface area contributed by atoms with Crippen LogP contribution in [-0.2, 0) is 19.0 Å². The lowest BCUT2D eigenvalue weighted by atomic mass is 9.47. The zero-order valence-electron chi connectivity index (χ0n) is 37.0. The summed E-state index contributed by atoms with van der Waals surface area (Å²) in [6.45, 7) is 17.0. The van der Waals surface area contributed by atoms with E-state index in [2.05, 4.69) is 54.5 Å². The van der Waals surface area contributed by atoms with Crippen LogP contribution >= 0.6 is 0 Å². The van der Waals surface area contributed by atoms with Gasteiger partial charge in [0.2, 0.25) is 0 Å². The number of fused-ring (bicyclic) bond motifs is 5. The first kappa shape index (κ1) is 46.1. The van der Waals surface area contributed by atoms with Crippen LogP contribution in [0, 0.1) is 52.3 Å². The van der Waals surface area contributed by atoms with Crippen molar-refractivity contribution in [3.05, 3.63) is 11.6 Å². The molecule has 0 spiro atoms. The van der Waals surface area contributed by atoms with E-state index < -0.39 is 30.7 Å². The monoisotopic (exact) mass is 787 g/mol. The molecule has 1 aliphatic heterocycles. The molecule has 14 atom stereocenters. The van der Waals surface area contributed by atoms with Gasteiger partial charge in [-0.1, -0.05) is 137 Å². The van der Waals surface area contributed by atoms with Crippen molar-refractivity contribution >= 4 is 5.97 Å². The highest BCUT2D eigenvalue weighted by atomic mass is 16.7. The number of hydrogen-bond acceptors (Lipinski definition) is 7. The molecule has 0 aromatic carbocycles. The topological polar surface area (TPSA) is 105 Å². The first-order chi connectivity index (χ1) is 26.8. The Labute approximate surface area is 342 Å². The fourth-order valence-electron chi connectivity index (χ4n) is 12.9. The van der Waals surface area contributed by atoms with Crippen molar-refractivity contribution in [3.8, 4) is 0 Å². The summed E-state index contributed by atoms with van der Waals surface area (Å²) in [6, 6.07) is 0. The number of hydrogen-bond donors (Lipinski definition) is 3. The molecule has 7 nitrogen and oxygen atoms in total. The number of aliphatic hydroxyl groups is 3. The van der Waals surface area contributed by atoms with Crippen LogP contribution in [0.2, 0.25) is 0 Å². The summed E-state index contributed by atoms with van der Waals surface area (Å²) >= 11 is 0. The Morgan fingerprint density at radius 1 is 0.821 bits per heavy atom. The Morgan fingerprint density at radius 2 is 1.50 bits per heavy atom. The van der Waals surface area contributed by atoms with Crippen LogP contribution in [0.1, 0.15) is 196 Å². The molecule has 1 saturated heterocycles. The maximum Gasteiger partial charge on any atom is 0.305 e. The standard InChI is InChI=1S/C49H86O7/c1-8-10-11-12-13-14-15-16-17-18-19-20-43(50)54-32-42-44(51)45(52)46(53)47(56-42)55-37-27-29-48(6)36(31-37)23-24-38-40-26-25-39(49(40,7)30-28-41(38)48)34(5)21-22-35(9-2)33(3)4/h23,33-35,37-42,44-47,51-53H,8-22,24-32H2,1-7H3/t34-,35+,37+,38?,39-,40?,41?,42?,44?,45?,46?,47?,48+,49-/m1/s1. The van der Waals surface area contributed by atoms with Gasteiger partial charge in [0.05, 0.1) is 6.10 Å². The number of carbonyl (C=O) groups excluding carboxylic acids is 1. The molecule has 8 unspecified atom stereocenters. The van der Waals surface area contributed by atoms with E-state index >= 15 is 0 Å². The van der Waals surface area contributed by atoms with Gasteiger partial charge in [0, 0.05) is 6.42 Å². The van der Waals surface area contributed by atoms with Gasteiger partial charge < -0.3 is 29.5 Å². The second-order valence-corrected chi connectivity index (χ2v) is 20.4. The fraction of sp³-hybridized carbons (Fsp3) is 0.939. The smallest absolute Gasteiger partial charge is 0.305 e. The fourth-order valence-corrected chi connectivity index (χ4v) is 12.9. The Bertz CT molecular complexity index is 1220. The maximum absolute atomic E-state index is 12.6. The predicted octanol–water partition coefficient (Wildman–Crippen LogP) is 11.1. The third kappa shape index (κ3) is 11.0. The second kappa shape index (κ2) is 21.5. The molecule has 56 heavy (non-hydrogen) atoms. The molecule has 0 aromatic rings. The van der Waals surface area contributed by atoms with Crippen molar-refractivity contribution in [2.45, 2.75) is 233 Å². The summed E-state index contributed by atoms with van der Waals surface area (Å²) in [5.74, 6) is 5.24. The number of allylic oxidation sites excluding steroid dienone is 1. The van der Waals surface area contributed by atoms with Crippen molar-refractivity contribution in [1.29, 1.82) is 0 Å². The zero-order chi connectivity index (χ0) is 40.5. The number of ether oxygens (including phenoxy) is 3. The van der Waals surface area contributed by atoms with Gasteiger partial charge in [0.15, 0.2) is 6.29 Å². The van der Waals surface area contributed by atoms with Crippen molar-refractivity contribution < 1.29 is 34.3 Å². The van der Waals surface area contributed by atoms with Crippen LogP contribution in [0.4, 0.5) is 0 Å². The Morgan fingerprint density at radius 3 is 2.16 bits per heavy atom. The van der Waals surface area contributed by atoms with E-state index in [1.807, 2.05) is 0 Å². The summed E-state index contributed by atoms with van der Waals surface area (Å²) in [5.41, 5.74) is 2.13. The van der Waals surface area contributed by atoms with Crippen LogP contribution in [0.3, 0.4) is 0 Å². The number of carbonyl (C=O) groups is 1. The molecule has 7 heteroatoms. The summed E-state index contributed by atoms with van der Waals surface area (Å²) < 4.78 is 18.0. The number of rotatable bonds is 22. The van der Waals surface area contributed by atoms with Crippen molar-refractivity contribution in [3.63, 3.8) is 0 Å². The maximum atomic E-state index is 12.6. The van der Waals surface area contributed by atoms with Crippen molar-refractivity contribution in [1.82, 2.24) is 0 Å². The molecule has 324 valence electrons. The van der Waals surface area contributed by atoms with E-state index in [9.17, 15) is 20.1 Å². The van der Waals surface area contributed by atoms with Crippen LogP contribution in [0.15, 0.2) is 11.6 Å². The first-order valence-corrected chi connectivity index (χ1v) is 24.0. The molecule has 0 bridgehead atoms. The van der Waals surface area contributed by atoms with Gasteiger partial charge in [-0.2, -0.15) is 0 Å². The molecule has 5 rings (SSSR count). The molecule has 1 heterocycles. The molecular weight excluding hydrogens is 701 g/mol. The van der Waals surface area contributed by atoms with Gasteiger partial charge in [-0.15, -0.1) is 0 Å². The van der Waals surface area contributed by atoms with Gasteiger partial charge in [-0.3, -0.25) is 4.79 Å². The lowest BCUT2D eigenvalue weighted by Gasteiger charge is -2.58. The molecular formula is C49H86O7. The predicted molar refractivity (Wildman–Crippen MR) is 226 cm³/mol. The molecule has 3 saturated carbocycles. The molecule has 0 radical (unpaired) electrons. The quantitative estimate of drug-likeness (QED) is 0.0570. The molecule has 0 aromatic heterocycles. The van der Waals surface area contributed by atoms with E-state index in [1.165, 1.54) is 102 Å². The average Bonchev–Trinajstić information content (AvgIpc) is 3.54. The van der Waals surface area contributed by atoms with Crippen LogP contribution in [0.5, 0.6) is 0 Å². The molecule has 0 amide bonds.